The van der Waals surface area contributed by atoms with Gasteiger partial charge in [0.25, 0.3) is 5.91 Å². The van der Waals surface area contributed by atoms with Crippen molar-refractivity contribution in [3.05, 3.63) is 34.9 Å². The van der Waals surface area contributed by atoms with Gasteiger partial charge in [-0.1, -0.05) is 11.6 Å². The molecular formula is C8H5ClFN3O. The molecule has 0 saturated heterocycles. The fourth-order valence-electron chi connectivity index (χ4n) is 1.17. The van der Waals surface area contributed by atoms with Crippen LogP contribution in [0.3, 0.4) is 0 Å². The highest BCUT2D eigenvalue weighted by Gasteiger charge is 2.12. The zero-order chi connectivity index (χ0) is 10.3. The van der Waals surface area contributed by atoms with Crippen LogP contribution in [0, 0.1) is 5.82 Å². The Morgan fingerprint density at radius 2 is 2.36 bits per heavy atom. The highest BCUT2D eigenvalue weighted by atomic mass is 35.5. The van der Waals surface area contributed by atoms with E-state index >= 15 is 0 Å². The van der Waals surface area contributed by atoms with Crippen LogP contribution in [0.4, 0.5) is 4.39 Å². The van der Waals surface area contributed by atoms with Gasteiger partial charge in [-0.05, 0) is 0 Å². The Balaban J connectivity index is 2.80. The molecule has 2 aromatic rings. The molecule has 0 aliphatic heterocycles. The Morgan fingerprint density at radius 1 is 1.64 bits per heavy atom. The molecular weight excluding hydrogens is 209 g/mol. The third kappa shape index (κ3) is 1.22. The summed E-state index contributed by atoms with van der Waals surface area (Å²) in [4.78, 5) is 10.9. The highest BCUT2D eigenvalue weighted by molar-refractivity contribution is 6.36. The smallest absolute Gasteiger partial charge is 0.251 e. The van der Waals surface area contributed by atoms with Crippen LogP contribution in [0.5, 0.6) is 0 Å². The zero-order valence-electron chi connectivity index (χ0n) is 6.87. The molecule has 2 rings (SSSR count). The van der Waals surface area contributed by atoms with Crippen molar-refractivity contribution in [1.82, 2.24) is 9.61 Å². The largest absolute Gasteiger partial charge is 0.366 e. The normalized spacial score (nSPS) is 10.7. The predicted octanol–water partition coefficient (Wildman–Crippen LogP) is 1.23. The molecule has 2 heterocycles. The van der Waals surface area contributed by atoms with Crippen molar-refractivity contribution in [2.24, 2.45) is 5.73 Å². The number of hydrogen-bond acceptors (Lipinski definition) is 2. The third-order valence-electron chi connectivity index (χ3n) is 1.81. The van der Waals surface area contributed by atoms with Gasteiger partial charge >= 0.3 is 0 Å². The quantitative estimate of drug-likeness (QED) is 0.775. The van der Waals surface area contributed by atoms with Gasteiger partial charge < -0.3 is 5.73 Å². The molecule has 72 valence electrons. The second kappa shape index (κ2) is 2.95. The van der Waals surface area contributed by atoms with Gasteiger partial charge in [0.05, 0.1) is 28.5 Å². The Hall–Kier alpha value is -1.62. The molecule has 0 aromatic carbocycles. The lowest BCUT2D eigenvalue weighted by atomic mass is 10.3. The van der Waals surface area contributed by atoms with Crippen molar-refractivity contribution in [2.45, 2.75) is 0 Å². The molecule has 2 N–H and O–H groups in total. The van der Waals surface area contributed by atoms with Gasteiger partial charge in [-0.15, -0.1) is 0 Å². The number of aromatic nitrogens is 2. The van der Waals surface area contributed by atoms with E-state index in [2.05, 4.69) is 5.10 Å². The minimum absolute atomic E-state index is 0.0808. The van der Waals surface area contributed by atoms with Crippen LogP contribution in [0.15, 0.2) is 18.5 Å². The number of rotatable bonds is 1. The Bertz CT molecular complexity index is 523. The summed E-state index contributed by atoms with van der Waals surface area (Å²) in [5.74, 6) is -1.16. The first-order valence-corrected chi connectivity index (χ1v) is 4.09. The Morgan fingerprint density at radius 3 is 3.00 bits per heavy atom. The van der Waals surface area contributed by atoms with E-state index in [1.807, 2.05) is 0 Å². The molecule has 6 heteroatoms. The second-order valence-electron chi connectivity index (χ2n) is 2.72. The molecule has 4 nitrogen and oxygen atoms in total. The topological polar surface area (TPSA) is 60.4 Å². The summed E-state index contributed by atoms with van der Waals surface area (Å²) in [5, 5.41) is 3.88. The average Bonchev–Trinajstić information content (AvgIpc) is 2.46. The van der Waals surface area contributed by atoms with Gasteiger partial charge in [0, 0.05) is 6.07 Å². The monoisotopic (exact) mass is 213 g/mol. The van der Waals surface area contributed by atoms with Gasteiger partial charge in [0.2, 0.25) is 0 Å². The maximum absolute atomic E-state index is 12.8. The summed E-state index contributed by atoms with van der Waals surface area (Å²) in [5.41, 5.74) is 5.45. The van der Waals surface area contributed by atoms with Crippen LogP contribution >= 0.6 is 11.6 Å². The molecule has 0 aliphatic carbocycles. The molecule has 0 atom stereocenters. The summed E-state index contributed by atoms with van der Waals surface area (Å²) in [6.07, 6.45) is 2.36. The lowest BCUT2D eigenvalue weighted by Gasteiger charge is -2.00. The van der Waals surface area contributed by atoms with Gasteiger partial charge in [-0.3, -0.25) is 4.79 Å². The van der Waals surface area contributed by atoms with E-state index < -0.39 is 11.7 Å². The summed E-state index contributed by atoms with van der Waals surface area (Å²) in [6, 6.07) is 1.18. The van der Waals surface area contributed by atoms with Crippen LogP contribution in [-0.2, 0) is 0 Å². The predicted molar refractivity (Wildman–Crippen MR) is 48.7 cm³/mol. The maximum atomic E-state index is 12.8. The second-order valence-corrected chi connectivity index (χ2v) is 3.10. The summed E-state index contributed by atoms with van der Waals surface area (Å²) in [7, 11) is 0. The molecule has 1 amide bonds. The summed E-state index contributed by atoms with van der Waals surface area (Å²) >= 11 is 5.82. The third-order valence-corrected chi connectivity index (χ3v) is 2.20. The Kier molecular flexibility index (Phi) is 1.89. The van der Waals surface area contributed by atoms with E-state index in [9.17, 15) is 9.18 Å². The van der Waals surface area contributed by atoms with E-state index in [1.54, 1.807) is 0 Å². The van der Waals surface area contributed by atoms with E-state index in [0.29, 0.717) is 5.52 Å². The van der Waals surface area contributed by atoms with E-state index in [-0.39, 0.29) is 10.6 Å². The maximum Gasteiger partial charge on any atom is 0.251 e. The zero-order valence-corrected chi connectivity index (χ0v) is 7.62. The SMILES string of the molecule is NC(=O)c1cnn2cc(F)cc2c1Cl. The fourth-order valence-corrected chi connectivity index (χ4v) is 1.45. The number of amides is 1. The number of primary amides is 1. The van der Waals surface area contributed by atoms with Crippen molar-refractivity contribution in [2.75, 3.05) is 0 Å². The summed E-state index contributed by atoms with van der Waals surface area (Å²) in [6.45, 7) is 0. The summed E-state index contributed by atoms with van der Waals surface area (Å²) < 4.78 is 14.0. The number of carbonyl (C=O) groups excluding carboxylic acids is 1. The van der Waals surface area contributed by atoms with Crippen molar-refractivity contribution < 1.29 is 9.18 Å². The number of halogens is 2. The first-order chi connectivity index (χ1) is 6.59. The van der Waals surface area contributed by atoms with E-state index in [0.717, 1.165) is 6.20 Å². The van der Waals surface area contributed by atoms with Crippen LogP contribution in [-0.4, -0.2) is 15.5 Å². The molecule has 0 spiro atoms. The minimum Gasteiger partial charge on any atom is -0.366 e. The van der Waals surface area contributed by atoms with Crippen molar-refractivity contribution in [1.29, 1.82) is 0 Å². The standard InChI is InChI=1S/C8H5ClFN3O/c9-7-5(8(11)14)2-12-13-3-4(10)1-6(7)13/h1-3H,(H2,11,14). The van der Waals surface area contributed by atoms with Gasteiger partial charge in [0.1, 0.15) is 5.82 Å². The van der Waals surface area contributed by atoms with Gasteiger partial charge in [-0.2, -0.15) is 5.10 Å². The number of carbonyl (C=O) groups is 1. The average molecular weight is 214 g/mol. The Labute approximate surface area is 83.1 Å². The van der Waals surface area contributed by atoms with Crippen molar-refractivity contribution in [3.63, 3.8) is 0 Å². The van der Waals surface area contributed by atoms with Crippen LogP contribution in [0.25, 0.3) is 5.52 Å². The number of nitrogens with zero attached hydrogens (tertiary/aromatic N) is 2. The molecule has 0 saturated carbocycles. The molecule has 2 aromatic heterocycles. The molecule has 0 bridgehead atoms. The highest BCUT2D eigenvalue weighted by Crippen LogP contribution is 2.22. The van der Waals surface area contributed by atoms with E-state index in [1.165, 1.54) is 16.8 Å². The lowest BCUT2D eigenvalue weighted by molar-refractivity contribution is 0.1000. The molecule has 0 aliphatic rings. The van der Waals surface area contributed by atoms with Crippen LogP contribution in [0.1, 0.15) is 10.4 Å². The molecule has 0 radical (unpaired) electrons. The number of fused-ring (bicyclic) bond motifs is 1. The number of nitrogens with two attached hydrogens (primary N) is 1. The van der Waals surface area contributed by atoms with Crippen LogP contribution in [0.2, 0.25) is 5.02 Å². The molecule has 0 unspecified atom stereocenters. The first kappa shape index (κ1) is 8.96. The van der Waals surface area contributed by atoms with Crippen molar-refractivity contribution >= 4 is 23.0 Å². The van der Waals surface area contributed by atoms with Gasteiger partial charge in [-0.25, -0.2) is 8.91 Å². The van der Waals surface area contributed by atoms with Crippen LogP contribution < -0.4 is 5.73 Å². The number of hydrogen-bond donors (Lipinski definition) is 1. The van der Waals surface area contributed by atoms with E-state index in [4.69, 9.17) is 17.3 Å². The molecule has 14 heavy (non-hydrogen) atoms. The fraction of sp³-hybridized carbons (Fsp3) is 0. The first-order valence-electron chi connectivity index (χ1n) is 3.72. The molecule has 0 fully saturated rings. The van der Waals surface area contributed by atoms with Gasteiger partial charge in [0.15, 0.2) is 0 Å². The van der Waals surface area contributed by atoms with Crippen molar-refractivity contribution in [3.8, 4) is 0 Å². The minimum atomic E-state index is -0.688. The lowest BCUT2D eigenvalue weighted by Crippen LogP contribution is -2.13.